The molecule has 0 saturated heterocycles. The highest BCUT2D eigenvalue weighted by Crippen LogP contribution is 2.28. The molecule has 1 amide bonds. The van der Waals surface area contributed by atoms with Crippen molar-refractivity contribution in [3.05, 3.63) is 83.8 Å². The highest BCUT2D eigenvalue weighted by Gasteiger charge is 2.12. The van der Waals surface area contributed by atoms with Crippen LogP contribution in [0, 0.1) is 0 Å². The Morgan fingerprint density at radius 2 is 2.00 bits per heavy atom. The smallest absolute Gasteiger partial charge is 0.300 e. The minimum Gasteiger partial charge on any atom is -0.458 e. The van der Waals surface area contributed by atoms with Gasteiger partial charge in [0.2, 0.25) is 0 Å². The van der Waals surface area contributed by atoms with Crippen LogP contribution < -0.4 is 15.4 Å². The van der Waals surface area contributed by atoms with Crippen LogP contribution in [0.5, 0.6) is 5.75 Å². The van der Waals surface area contributed by atoms with Crippen LogP contribution in [0.2, 0.25) is 5.02 Å². The number of carbonyl (C=O) groups excluding carboxylic acids is 2. The van der Waals surface area contributed by atoms with Gasteiger partial charge < -0.3 is 24.7 Å². The van der Waals surface area contributed by atoms with Crippen molar-refractivity contribution in [3.8, 4) is 5.75 Å². The minimum atomic E-state index is -0.268. The zero-order valence-electron chi connectivity index (χ0n) is 21.0. The lowest BCUT2D eigenvalue weighted by Crippen LogP contribution is -2.24. The number of ether oxygens (including phenoxy) is 1. The molecule has 0 fully saturated rings. The molecule has 0 aliphatic carbocycles. The molecule has 0 bridgehead atoms. The monoisotopic (exact) mass is 521 g/mol. The number of fused-ring (bicyclic) bond motifs is 1. The van der Waals surface area contributed by atoms with Gasteiger partial charge in [-0.15, -0.1) is 0 Å². The lowest BCUT2D eigenvalue weighted by atomic mass is 10.1. The summed E-state index contributed by atoms with van der Waals surface area (Å²) in [5.74, 6) is 0.361. The van der Waals surface area contributed by atoms with Gasteiger partial charge in [-0.05, 0) is 63.5 Å². The number of nitrogens with one attached hydrogen (secondary N) is 2. The summed E-state index contributed by atoms with van der Waals surface area (Å²) in [5, 5.41) is 5.91. The molecule has 2 N–H and O–H groups in total. The Morgan fingerprint density at radius 1 is 1.22 bits per heavy atom. The molecule has 9 nitrogen and oxygen atoms in total. The number of nitrogens with zero attached hydrogens (tertiary/aromatic N) is 3. The number of benzene rings is 2. The number of rotatable bonds is 11. The van der Waals surface area contributed by atoms with E-state index in [-0.39, 0.29) is 17.7 Å². The first-order valence-corrected chi connectivity index (χ1v) is 11.7. The van der Waals surface area contributed by atoms with E-state index in [1.54, 1.807) is 55.5 Å². The summed E-state index contributed by atoms with van der Waals surface area (Å²) in [5.41, 5.74) is 2.38. The van der Waals surface area contributed by atoms with E-state index in [0.29, 0.717) is 51.1 Å². The number of aromatic nitrogens is 1. The van der Waals surface area contributed by atoms with Crippen LogP contribution in [0.25, 0.3) is 11.1 Å². The lowest BCUT2D eigenvalue weighted by Gasteiger charge is -2.06. The topological polar surface area (TPSA) is 109 Å². The average Bonchev–Trinajstić information content (AvgIpc) is 3.25. The first-order valence-electron chi connectivity index (χ1n) is 11.3. The van der Waals surface area contributed by atoms with Gasteiger partial charge in [-0.1, -0.05) is 24.3 Å². The summed E-state index contributed by atoms with van der Waals surface area (Å²) in [6.07, 6.45) is 6.27. The summed E-state index contributed by atoms with van der Waals surface area (Å²) in [6.45, 7) is 6.07. The van der Waals surface area contributed by atoms with Crippen molar-refractivity contribution in [3.63, 3.8) is 0 Å². The molecule has 1 heterocycles. The first kappa shape index (κ1) is 27.4. The Kier molecular flexibility index (Phi) is 9.37. The van der Waals surface area contributed by atoms with Crippen molar-refractivity contribution < 1.29 is 18.7 Å². The molecule has 3 rings (SSSR count). The zero-order chi connectivity index (χ0) is 26.9. The fourth-order valence-corrected chi connectivity index (χ4v) is 3.27. The third-order valence-electron chi connectivity index (χ3n) is 4.92. The number of anilines is 2. The fourth-order valence-electron chi connectivity index (χ4n) is 3.06. The van der Waals surface area contributed by atoms with E-state index in [2.05, 4.69) is 27.2 Å². The van der Waals surface area contributed by atoms with E-state index in [1.807, 2.05) is 19.0 Å². The van der Waals surface area contributed by atoms with E-state index in [4.69, 9.17) is 20.8 Å². The van der Waals surface area contributed by atoms with E-state index in [0.717, 1.165) is 0 Å². The van der Waals surface area contributed by atoms with Crippen molar-refractivity contribution in [2.45, 2.75) is 6.92 Å². The molecule has 37 heavy (non-hydrogen) atoms. The molecule has 2 aromatic carbocycles. The van der Waals surface area contributed by atoms with Gasteiger partial charge in [0.15, 0.2) is 11.4 Å². The van der Waals surface area contributed by atoms with E-state index >= 15 is 0 Å². The Hall–Kier alpha value is -4.21. The highest BCUT2D eigenvalue weighted by atomic mass is 35.5. The number of hydrogen-bond donors (Lipinski definition) is 2. The molecule has 10 heteroatoms. The summed E-state index contributed by atoms with van der Waals surface area (Å²) < 4.78 is 11.5. The van der Waals surface area contributed by atoms with E-state index in [1.165, 1.54) is 19.3 Å². The van der Waals surface area contributed by atoms with Crippen LogP contribution in [0.15, 0.2) is 82.6 Å². The second-order valence-corrected chi connectivity index (χ2v) is 8.58. The highest BCUT2D eigenvalue weighted by molar-refractivity contribution is 6.38. The molecule has 0 saturated carbocycles. The van der Waals surface area contributed by atoms with Crippen molar-refractivity contribution in [2.24, 2.45) is 4.99 Å². The van der Waals surface area contributed by atoms with Gasteiger partial charge in [0.05, 0.1) is 5.02 Å². The summed E-state index contributed by atoms with van der Waals surface area (Å²) in [4.78, 5) is 34.4. The summed E-state index contributed by atoms with van der Waals surface area (Å²) >= 11 is 6.24. The van der Waals surface area contributed by atoms with Crippen molar-refractivity contribution >= 4 is 51.8 Å². The van der Waals surface area contributed by atoms with Crippen LogP contribution in [0.3, 0.4) is 0 Å². The van der Waals surface area contributed by atoms with E-state index < -0.39 is 0 Å². The second-order valence-electron chi connectivity index (χ2n) is 8.17. The van der Waals surface area contributed by atoms with Crippen molar-refractivity contribution in [1.82, 2.24) is 15.2 Å². The number of halogens is 1. The number of oxazole rings is 1. The van der Waals surface area contributed by atoms with Crippen LogP contribution >= 0.6 is 11.6 Å². The van der Waals surface area contributed by atoms with Crippen LogP contribution in [0.1, 0.15) is 17.3 Å². The maximum absolute atomic E-state index is 12.6. The molecule has 0 spiro atoms. The largest absolute Gasteiger partial charge is 0.458 e. The molecule has 1 aromatic heterocycles. The maximum atomic E-state index is 12.6. The number of hydrogen-bond acceptors (Lipinski definition) is 8. The number of amides is 1. The maximum Gasteiger partial charge on any atom is 0.300 e. The SMILES string of the molecule is C=C(C=CN=C(C)C(=O)NC)Oc1ccc2oc(Nc3ccc(Cl)c(C(=O)C=CCN(C)C)c3)nc2c1. The Morgan fingerprint density at radius 3 is 2.73 bits per heavy atom. The quantitative estimate of drug-likeness (QED) is 0.118. The van der Waals surface area contributed by atoms with Gasteiger partial charge >= 0.3 is 0 Å². The normalized spacial score (nSPS) is 12.0. The predicted octanol–water partition coefficient (Wildman–Crippen LogP) is 5.14. The fraction of sp³-hybridized carbons (Fsp3) is 0.185. The van der Waals surface area contributed by atoms with Crippen molar-refractivity contribution in [2.75, 3.05) is 33.0 Å². The molecule has 0 aliphatic heterocycles. The van der Waals surface area contributed by atoms with Gasteiger partial charge in [0, 0.05) is 37.1 Å². The van der Waals surface area contributed by atoms with Crippen molar-refractivity contribution in [1.29, 1.82) is 0 Å². The van der Waals surface area contributed by atoms with Crippen LogP contribution in [-0.4, -0.2) is 55.0 Å². The predicted molar refractivity (Wildman–Crippen MR) is 147 cm³/mol. The lowest BCUT2D eigenvalue weighted by molar-refractivity contribution is -0.114. The van der Waals surface area contributed by atoms with Crippen LogP contribution in [0.4, 0.5) is 11.7 Å². The van der Waals surface area contributed by atoms with E-state index in [9.17, 15) is 9.59 Å². The standard InChI is InChI=1S/C27H28ClN5O4/c1-17(12-13-30-18(2)26(35)29-3)36-20-9-11-25-23(16-20)32-27(37-25)31-19-8-10-22(28)21(15-19)24(34)7-6-14-33(4)5/h6-13,15-16H,1,14H2,2-5H3,(H,29,35)(H,31,32). The second kappa shape index (κ2) is 12.7. The van der Waals surface area contributed by atoms with Gasteiger partial charge in [-0.25, -0.2) is 0 Å². The van der Waals surface area contributed by atoms with Gasteiger partial charge in [0.1, 0.15) is 22.7 Å². The summed E-state index contributed by atoms with van der Waals surface area (Å²) in [7, 11) is 5.37. The minimum absolute atomic E-state index is 0.196. The number of likely N-dealkylation sites (N-methyl/N-ethyl adjacent to an activating group) is 1. The first-order chi connectivity index (χ1) is 17.7. The molecular formula is C27H28ClN5O4. The van der Waals surface area contributed by atoms with Gasteiger partial charge in [-0.2, -0.15) is 4.98 Å². The Bertz CT molecular complexity index is 1410. The number of carbonyl (C=O) groups is 2. The molecule has 0 radical (unpaired) electrons. The zero-order valence-corrected chi connectivity index (χ0v) is 21.8. The third kappa shape index (κ3) is 7.89. The average molecular weight is 522 g/mol. The number of allylic oxidation sites excluding steroid dienone is 2. The molecule has 0 unspecified atom stereocenters. The number of ketones is 1. The molecule has 0 atom stereocenters. The molecule has 0 aliphatic rings. The van der Waals surface area contributed by atoms with Crippen LogP contribution in [-0.2, 0) is 4.79 Å². The number of aliphatic imine (C=N–C) groups is 1. The summed E-state index contributed by atoms with van der Waals surface area (Å²) in [6, 6.07) is 10.4. The molecule has 3 aromatic rings. The third-order valence-corrected chi connectivity index (χ3v) is 5.24. The van der Waals surface area contributed by atoms with Gasteiger partial charge in [-0.3, -0.25) is 14.6 Å². The Balaban J connectivity index is 1.70. The molecule has 192 valence electrons. The molecular weight excluding hydrogens is 494 g/mol. The van der Waals surface area contributed by atoms with Gasteiger partial charge in [0.25, 0.3) is 11.9 Å². The Labute approximate surface area is 220 Å².